The van der Waals surface area contributed by atoms with Crippen molar-refractivity contribution in [1.29, 1.82) is 0 Å². The molecule has 0 heterocycles. The molecule has 0 atom stereocenters. The van der Waals surface area contributed by atoms with Crippen molar-refractivity contribution in [2.45, 2.75) is 12.4 Å². The van der Waals surface area contributed by atoms with Gasteiger partial charge in [0.05, 0.1) is 21.0 Å². The smallest absolute Gasteiger partial charge is 0.331 e. The number of alkyl halides is 6. The maximum atomic E-state index is 12.9. The fourth-order valence-electron chi connectivity index (χ4n) is 2.22. The lowest BCUT2D eigenvalue weighted by Gasteiger charge is -2.14. The van der Waals surface area contributed by atoms with Crippen LogP contribution < -0.4 is 16.2 Å². The van der Waals surface area contributed by atoms with Crippen LogP contribution in [0.3, 0.4) is 0 Å². The number of rotatable bonds is 5. The predicted octanol–water partition coefficient (Wildman–Crippen LogP) is 4.85. The Morgan fingerprint density at radius 2 is 1.29 bits per heavy atom. The number of hydrogen-bond acceptors (Lipinski definition) is 6. The van der Waals surface area contributed by atoms with Crippen LogP contribution in [0.15, 0.2) is 36.4 Å². The lowest BCUT2D eigenvalue weighted by atomic mass is 10.1. The van der Waals surface area contributed by atoms with Gasteiger partial charge in [-0.25, -0.2) is 0 Å². The van der Waals surface area contributed by atoms with E-state index in [2.05, 4.69) is 10.7 Å². The van der Waals surface area contributed by atoms with Crippen molar-refractivity contribution < 1.29 is 36.2 Å². The summed E-state index contributed by atoms with van der Waals surface area (Å²) in [6, 6.07) is 3.71. The van der Waals surface area contributed by atoms with E-state index < -0.39 is 55.5 Å². The van der Waals surface area contributed by atoms with Crippen LogP contribution in [-0.2, 0) is 12.4 Å². The van der Waals surface area contributed by atoms with Gasteiger partial charge in [0.2, 0.25) is 5.69 Å². The Hall–Kier alpha value is -3.69. The van der Waals surface area contributed by atoms with Crippen molar-refractivity contribution in [2.24, 2.45) is 0 Å². The highest BCUT2D eigenvalue weighted by Gasteiger charge is 2.37. The molecule has 0 aliphatic rings. The lowest BCUT2D eigenvalue weighted by molar-refractivity contribution is -0.392. The van der Waals surface area contributed by atoms with Gasteiger partial charge < -0.3 is 5.32 Å². The van der Waals surface area contributed by atoms with Gasteiger partial charge in [0.1, 0.15) is 0 Å². The fourth-order valence-corrected chi connectivity index (χ4v) is 2.38. The number of nitrogens with zero attached hydrogens (tertiary/aromatic N) is 2. The maximum Gasteiger partial charge on any atom is 0.416 e. The van der Waals surface area contributed by atoms with E-state index in [4.69, 9.17) is 12.2 Å². The number of hydrogen-bond donors (Lipinski definition) is 3. The normalized spacial score (nSPS) is 11.5. The molecule has 2 aromatic carbocycles. The minimum absolute atomic E-state index is 0.0590. The van der Waals surface area contributed by atoms with Crippen LogP contribution >= 0.6 is 12.2 Å². The maximum absolute atomic E-state index is 12.9. The Labute approximate surface area is 173 Å². The van der Waals surface area contributed by atoms with Gasteiger partial charge in [-0.2, -0.15) is 26.3 Å². The van der Waals surface area contributed by atoms with E-state index in [1.807, 2.05) is 5.43 Å². The molecule has 3 N–H and O–H groups in total. The van der Waals surface area contributed by atoms with Crippen LogP contribution in [0.25, 0.3) is 0 Å². The molecule has 31 heavy (non-hydrogen) atoms. The molecule has 0 unspecified atom stereocenters. The predicted molar refractivity (Wildman–Crippen MR) is 99.2 cm³/mol. The van der Waals surface area contributed by atoms with E-state index in [1.165, 1.54) is 0 Å². The van der Waals surface area contributed by atoms with Crippen molar-refractivity contribution in [1.82, 2.24) is 5.43 Å². The van der Waals surface area contributed by atoms with Crippen LogP contribution in [0, 0.1) is 20.2 Å². The third-order valence-corrected chi connectivity index (χ3v) is 3.79. The average Bonchev–Trinajstić information content (AvgIpc) is 2.64. The summed E-state index contributed by atoms with van der Waals surface area (Å²) in [6.45, 7) is 0. The number of thiocarbonyl (C=S) groups is 1. The molecule has 2 rings (SSSR count). The van der Waals surface area contributed by atoms with Crippen LogP contribution in [-0.4, -0.2) is 15.0 Å². The van der Waals surface area contributed by atoms with E-state index in [1.54, 1.807) is 0 Å². The van der Waals surface area contributed by atoms with E-state index in [9.17, 15) is 46.6 Å². The Morgan fingerprint density at radius 3 is 1.68 bits per heavy atom. The molecule has 0 fully saturated rings. The van der Waals surface area contributed by atoms with Crippen molar-refractivity contribution in [3.8, 4) is 0 Å². The molecular formula is C15H9F6N5O4S. The third kappa shape index (κ3) is 5.91. The first kappa shape index (κ1) is 23.6. The zero-order valence-electron chi connectivity index (χ0n) is 14.7. The van der Waals surface area contributed by atoms with Crippen molar-refractivity contribution >= 4 is 40.1 Å². The summed E-state index contributed by atoms with van der Waals surface area (Å²) in [4.78, 5) is 19.7. The quantitative estimate of drug-likeness (QED) is 0.246. The van der Waals surface area contributed by atoms with E-state index >= 15 is 0 Å². The molecule has 0 aromatic heterocycles. The second-order valence-corrected chi connectivity index (χ2v) is 6.09. The Bertz CT molecular complexity index is 991. The van der Waals surface area contributed by atoms with Gasteiger partial charge in [-0.05, 0) is 36.5 Å². The van der Waals surface area contributed by atoms with E-state index in [-0.39, 0.29) is 17.8 Å². The number of nitro groups is 2. The largest absolute Gasteiger partial charge is 0.416 e. The molecule has 0 spiro atoms. The highest BCUT2D eigenvalue weighted by molar-refractivity contribution is 7.80. The highest BCUT2D eigenvalue weighted by atomic mass is 32.1. The first-order valence-corrected chi connectivity index (χ1v) is 8.15. The zero-order chi connectivity index (χ0) is 23.6. The van der Waals surface area contributed by atoms with Gasteiger partial charge in [0.15, 0.2) is 5.11 Å². The molecule has 166 valence electrons. The van der Waals surface area contributed by atoms with Crippen LogP contribution in [0.1, 0.15) is 11.1 Å². The molecular weight excluding hydrogens is 460 g/mol. The van der Waals surface area contributed by atoms with E-state index in [0.29, 0.717) is 0 Å². The van der Waals surface area contributed by atoms with Gasteiger partial charge >= 0.3 is 23.7 Å². The van der Waals surface area contributed by atoms with Gasteiger partial charge in [-0.1, -0.05) is 0 Å². The van der Waals surface area contributed by atoms with Gasteiger partial charge in [-0.15, -0.1) is 0 Å². The van der Waals surface area contributed by atoms with Crippen LogP contribution in [0.5, 0.6) is 0 Å². The third-order valence-electron chi connectivity index (χ3n) is 3.59. The van der Waals surface area contributed by atoms with E-state index in [0.717, 1.165) is 24.3 Å². The summed E-state index contributed by atoms with van der Waals surface area (Å²) in [5.41, 5.74) is -1.83. The van der Waals surface area contributed by atoms with Crippen molar-refractivity contribution in [3.63, 3.8) is 0 Å². The summed E-state index contributed by atoms with van der Waals surface area (Å²) in [5.74, 6) is 0. The number of nitrogens with one attached hydrogen (secondary N) is 3. The van der Waals surface area contributed by atoms with Crippen LogP contribution in [0.4, 0.5) is 49.1 Å². The molecule has 2 aromatic rings. The van der Waals surface area contributed by atoms with Crippen LogP contribution in [0.2, 0.25) is 0 Å². The Morgan fingerprint density at radius 1 is 0.839 bits per heavy atom. The minimum Gasteiger partial charge on any atom is -0.331 e. The lowest BCUT2D eigenvalue weighted by Crippen LogP contribution is -2.34. The summed E-state index contributed by atoms with van der Waals surface area (Å²) in [5, 5.41) is 24.3. The van der Waals surface area contributed by atoms with Crippen molar-refractivity contribution in [2.75, 3.05) is 10.7 Å². The molecule has 0 bridgehead atoms. The number of hydrazine groups is 1. The average molecular weight is 469 g/mol. The first-order chi connectivity index (χ1) is 14.2. The molecule has 9 nitrogen and oxygen atoms in total. The highest BCUT2D eigenvalue weighted by Crippen LogP contribution is 2.40. The molecule has 0 amide bonds. The standard InChI is InChI=1S/C15H9F6N5O4S/c16-14(17,18)7-1-3-9(4-2-7)22-13(31)24-23-12-10(25(27)28)5-8(15(19,20)21)6-11(12)26(29)30/h1-6,23H,(H2,22,24,31). The molecule has 16 heteroatoms. The SMILES string of the molecule is O=[N+]([O-])c1cc(C(F)(F)F)cc([N+](=O)[O-])c1NNC(=S)Nc1ccc(C(F)(F)F)cc1. The summed E-state index contributed by atoms with van der Waals surface area (Å²) in [7, 11) is 0. The molecule has 0 aliphatic carbocycles. The first-order valence-electron chi connectivity index (χ1n) is 7.74. The number of nitro benzene ring substituents is 2. The fraction of sp³-hybridized carbons (Fsp3) is 0.133. The Balaban J connectivity index is 2.24. The number of benzene rings is 2. The van der Waals surface area contributed by atoms with Crippen molar-refractivity contribution in [3.05, 3.63) is 67.8 Å². The number of halogens is 6. The topological polar surface area (TPSA) is 122 Å². The summed E-state index contributed by atoms with van der Waals surface area (Å²) in [6.07, 6.45) is -9.65. The van der Waals surface area contributed by atoms with Gasteiger partial charge in [0, 0.05) is 17.8 Å². The van der Waals surface area contributed by atoms with Gasteiger partial charge in [0.25, 0.3) is 0 Å². The monoisotopic (exact) mass is 469 g/mol. The summed E-state index contributed by atoms with van der Waals surface area (Å²) >= 11 is 4.82. The second-order valence-electron chi connectivity index (χ2n) is 5.68. The minimum atomic E-state index is -5.08. The van der Waals surface area contributed by atoms with Gasteiger partial charge in [-0.3, -0.25) is 31.1 Å². The second kappa shape index (κ2) is 8.58. The molecule has 0 saturated carbocycles. The molecule has 0 radical (unpaired) electrons. The molecule has 0 saturated heterocycles. The zero-order valence-corrected chi connectivity index (χ0v) is 15.5. The summed E-state index contributed by atoms with van der Waals surface area (Å²) < 4.78 is 76.3. The number of anilines is 2. The molecule has 0 aliphatic heterocycles. The Kier molecular flexibility index (Phi) is 6.53.